The summed E-state index contributed by atoms with van der Waals surface area (Å²) in [6, 6.07) is 10.2. The van der Waals surface area contributed by atoms with Crippen molar-refractivity contribution in [1.82, 2.24) is 4.98 Å². The van der Waals surface area contributed by atoms with Crippen molar-refractivity contribution in [2.24, 2.45) is 5.92 Å². The number of Topliss-reactive ketones (excluding diaryl/α,β-unsaturated/α-hetero) is 2. The summed E-state index contributed by atoms with van der Waals surface area (Å²) in [6.07, 6.45) is 3.43. The zero-order valence-electron chi connectivity index (χ0n) is 16.3. The van der Waals surface area contributed by atoms with Gasteiger partial charge >= 0.3 is 0 Å². The van der Waals surface area contributed by atoms with Crippen LogP contribution in [-0.2, 0) is 4.79 Å². The number of hydrogen-bond acceptors (Lipinski definition) is 7. The van der Waals surface area contributed by atoms with E-state index < -0.39 is 0 Å². The average molecular weight is 424 g/mol. The maximum absolute atomic E-state index is 13.2. The van der Waals surface area contributed by atoms with E-state index in [1.165, 1.54) is 13.4 Å². The fourth-order valence-electron chi connectivity index (χ4n) is 3.44. The number of ether oxygens (including phenoxy) is 1. The zero-order chi connectivity index (χ0) is 21.1. The molecule has 30 heavy (non-hydrogen) atoms. The number of hydrogen-bond donors (Lipinski definition) is 1. The highest BCUT2D eigenvalue weighted by molar-refractivity contribution is 7.18. The number of carbonyl (C=O) groups is 3. The third kappa shape index (κ3) is 4.18. The number of nitrogens with zero attached hydrogens (tertiary/aromatic N) is 1. The summed E-state index contributed by atoms with van der Waals surface area (Å²) in [4.78, 5) is 42.2. The maximum atomic E-state index is 13.2. The number of thiazole rings is 1. The lowest BCUT2D eigenvalue weighted by Gasteiger charge is -2.19. The first-order valence-corrected chi connectivity index (χ1v) is 10.4. The SMILES string of the molecule is COc1cccc(C(=O)Nc2nc(-c3ccco3)c(C(=O)C3CCC(=O)CC3)s2)c1. The van der Waals surface area contributed by atoms with E-state index in [0.29, 0.717) is 58.5 Å². The van der Waals surface area contributed by atoms with Crippen molar-refractivity contribution in [3.8, 4) is 17.2 Å². The van der Waals surface area contributed by atoms with Crippen LogP contribution in [0.1, 0.15) is 45.7 Å². The molecule has 3 aromatic rings. The Morgan fingerprint density at radius 2 is 2.00 bits per heavy atom. The van der Waals surface area contributed by atoms with Gasteiger partial charge in [0.05, 0.1) is 13.4 Å². The number of anilines is 1. The van der Waals surface area contributed by atoms with Crippen molar-refractivity contribution in [3.05, 3.63) is 53.1 Å². The van der Waals surface area contributed by atoms with Crippen molar-refractivity contribution in [2.75, 3.05) is 12.4 Å². The molecule has 1 aliphatic carbocycles. The third-order valence-electron chi connectivity index (χ3n) is 5.07. The first-order chi connectivity index (χ1) is 14.5. The normalized spacial score (nSPS) is 14.5. The first kappa shape index (κ1) is 20.0. The lowest BCUT2D eigenvalue weighted by atomic mass is 9.85. The fraction of sp³-hybridized carbons (Fsp3) is 0.273. The van der Waals surface area contributed by atoms with E-state index in [2.05, 4.69) is 10.3 Å². The average Bonchev–Trinajstić information content (AvgIpc) is 3.43. The van der Waals surface area contributed by atoms with Gasteiger partial charge in [-0.05, 0) is 43.2 Å². The van der Waals surface area contributed by atoms with Gasteiger partial charge in [-0.25, -0.2) is 4.98 Å². The lowest BCUT2D eigenvalue weighted by Crippen LogP contribution is -2.21. The van der Waals surface area contributed by atoms with Gasteiger partial charge in [-0.3, -0.25) is 19.7 Å². The van der Waals surface area contributed by atoms with Gasteiger partial charge in [-0.2, -0.15) is 0 Å². The third-order valence-corrected chi connectivity index (χ3v) is 6.06. The monoisotopic (exact) mass is 424 g/mol. The molecule has 1 fully saturated rings. The largest absolute Gasteiger partial charge is 0.497 e. The second-order valence-electron chi connectivity index (χ2n) is 7.04. The summed E-state index contributed by atoms with van der Waals surface area (Å²) >= 11 is 1.12. The number of nitrogens with one attached hydrogen (secondary N) is 1. The Bertz CT molecular complexity index is 1080. The van der Waals surface area contributed by atoms with Crippen LogP contribution in [0.3, 0.4) is 0 Å². The van der Waals surface area contributed by atoms with E-state index in [-0.39, 0.29) is 23.4 Å². The Labute approximate surface area is 177 Å². The molecule has 1 aromatic carbocycles. The minimum absolute atomic E-state index is 0.0618. The van der Waals surface area contributed by atoms with Crippen LogP contribution in [0.2, 0.25) is 0 Å². The Morgan fingerprint density at radius 1 is 1.20 bits per heavy atom. The van der Waals surface area contributed by atoms with Crippen LogP contribution < -0.4 is 10.1 Å². The smallest absolute Gasteiger partial charge is 0.257 e. The minimum Gasteiger partial charge on any atom is -0.497 e. The number of amides is 1. The second-order valence-corrected chi connectivity index (χ2v) is 8.04. The number of ketones is 2. The van der Waals surface area contributed by atoms with Gasteiger partial charge < -0.3 is 9.15 Å². The molecule has 0 radical (unpaired) electrons. The first-order valence-electron chi connectivity index (χ1n) is 9.61. The van der Waals surface area contributed by atoms with E-state index in [1.54, 1.807) is 36.4 Å². The maximum Gasteiger partial charge on any atom is 0.257 e. The molecule has 154 valence electrons. The Morgan fingerprint density at radius 3 is 2.70 bits per heavy atom. The number of furan rings is 1. The highest BCUT2D eigenvalue weighted by atomic mass is 32.1. The molecule has 2 aromatic heterocycles. The van der Waals surface area contributed by atoms with Crippen LogP contribution in [-0.4, -0.2) is 29.6 Å². The van der Waals surface area contributed by atoms with Crippen molar-refractivity contribution in [1.29, 1.82) is 0 Å². The molecule has 1 N–H and O–H groups in total. The topological polar surface area (TPSA) is 98.5 Å². The van der Waals surface area contributed by atoms with E-state index >= 15 is 0 Å². The van der Waals surface area contributed by atoms with E-state index in [1.807, 2.05) is 0 Å². The highest BCUT2D eigenvalue weighted by Crippen LogP contribution is 2.36. The molecule has 4 rings (SSSR count). The van der Waals surface area contributed by atoms with Gasteiger partial charge in [0.15, 0.2) is 16.7 Å². The van der Waals surface area contributed by atoms with Gasteiger partial charge in [-0.1, -0.05) is 17.4 Å². The van der Waals surface area contributed by atoms with Crippen molar-refractivity contribution < 1.29 is 23.5 Å². The molecule has 8 heteroatoms. The van der Waals surface area contributed by atoms with E-state index in [0.717, 1.165) is 11.3 Å². The molecule has 0 aliphatic heterocycles. The zero-order valence-corrected chi connectivity index (χ0v) is 17.2. The van der Waals surface area contributed by atoms with Gasteiger partial charge in [0, 0.05) is 24.3 Å². The summed E-state index contributed by atoms with van der Waals surface area (Å²) < 4.78 is 10.6. The minimum atomic E-state index is -0.351. The molecular weight excluding hydrogens is 404 g/mol. The van der Waals surface area contributed by atoms with Gasteiger partial charge in [0.2, 0.25) is 0 Å². The lowest BCUT2D eigenvalue weighted by molar-refractivity contribution is -0.120. The number of benzene rings is 1. The summed E-state index contributed by atoms with van der Waals surface area (Å²) in [6.45, 7) is 0. The molecule has 0 spiro atoms. The number of carbonyl (C=O) groups excluding carboxylic acids is 3. The summed E-state index contributed by atoms with van der Waals surface area (Å²) in [7, 11) is 1.53. The van der Waals surface area contributed by atoms with Gasteiger partial charge in [-0.15, -0.1) is 0 Å². The van der Waals surface area contributed by atoms with Crippen LogP contribution in [0.4, 0.5) is 5.13 Å². The van der Waals surface area contributed by atoms with Crippen LogP contribution in [0.15, 0.2) is 47.1 Å². The van der Waals surface area contributed by atoms with E-state index in [4.69, 9.17) is 9.15 Å². The predicted octanol–water partition coefficient (Wildman–Crippen LogP) is 4.61. The molecular formula is C22H20N2O5S. The Balaban J connectivity index is 1.61. The fourth-order valence-corrected chi connectivity index (χ4v) is 4.43. The van der Waals surface area contributed by atoms with Gasteiger partial charge in [0.25, 0.3) is 5.91 Å². The quantitative estimate of drug-likeness (QED) is 0.581. The van der Waals surface area contributed by atoms with Crippen LogP contribution in [0.25, 0.3) is 11.5 Å². The molecule has 0 saturated heterocycles. The van der Waals surface area contributed by atoms with E-state index in [9.17, 15) is 14.4 Å². The molecule has 7 nitrogen and oxygen atoms in total. The van der Waals surface area contributed by atoms with Crippen LogP contribution in [0, 0.1) is 5.92 Å². The molecule has 1 aliphatic rings. The number of rotatable bonds is 6. The Hall–Kier alpha value is -3.26. The molecule has 0 unspecified atom stereocenters. The number of aromatic nitrogens is 1. The Kier molecular flexibility index (Phi) is 5.76. The highest BCUT2D eigenvalue weighted by Gasteiger charge is 2.30. The van der Waals surface area contributed by atoms with Crippen molar-refractivity contribution in [2.45, 2.75) is 25.7 Å². The molecule has 0 atom stereocenters. The standard InChI is InChI=1S/C22H20N2O5S/c1-28-16-5-2-4-14(12-16)21(27)24-22-23-18(17-6-3-11-29-17)20(30-22)19(26)13-7-9-15(25)10-8-13/h2-6,11-13H,7-10H2,1H3,(H,23,24,27). The van der Waals surface area contributed by atoms with Gasteiger partial charge in [0.1, 0.15) is 22.1 Å². The molecule has 0 bridgehead atoms. The molecule has 1 saturated carbocycles. The predicted molar refractivity (Wildman–Crippen MR) is 112 cm³/mol. The van der Waals surface area contributed by atoms with Crippen LogP contribution in [0.5, 0.6) is 5.75 Å². The summed E-state index contributed by atoms with van der Waals surface area (Å²) in [5.41, 5.74) is 0.829. The second kappa shape index (κ2) is 8.62. The molecule has 2 heterocycles. The molecule has 1 amide bonds. The summed E-state index contributed by atoms with van der Waals surface area (Å²) in [5, 5.41) is 3.07. The van der Waals surface area contributed by atoms with Crippen molar-refractivity contribution >= 4 is 33.9 Å². The summed E-state index contributed by atoms with van der Waals surface area (Å²) in [5.74, 6) is 0.591. The number of methoxy groups -OCH3 is 1. The van der Waals surface area contributed by atoms with Crippen molar-refractivity contribution in [3.63, 3.8) is 0 Å². The van der Waals surface area contributed by atoms with Crippen LogP contribution >= 0.6 is 11.3 Å².